The van der Waals surface area contributed by atoms with Crippen LogP contribution in [0.25, 0.3) is 10.8 Å². The molecule has 0 saturated heterocycles. The smallest absolute Gasteiger partial charge is 0.262 e. The number of imide groups is 2. The van der Waals surface area contributed by atoms with Gasteiger partial charge in [0.15, 0.2) is 0 Å². The molecule has 6 rings (SSSR count). The molecule has 0 N–H and O–H groups in total. The van der Waals surface area contributed by atoms with Gasteiger partial charge in [-0.2, -0.15) is 0 Å². The van der Waals surface area contributed by atoms with Crippen LogP contribution in [0.5, 0.6) is 0 Å². The number of amides is 4. The van der Waals surface area contributed by atoms with E-state index >= 15 is 0 Å². The molecule has 0 aliphatic carbocycles. The van der Waals surface area contributed by atoms with Crippen molar-refractivity contribution < 1.29 is 19.2 Å². The molecule has 0 atom stereocenters. The van der Waals surface area contributed by atoms with Crippen LogP contribution in [0.15, 0.2) is 83.3 Å². The first-order valence-corrected chi connectivity index (χ1v) is 12.8. The number of halogens is 1. The van der Waals surface area contributed by atoms with E-state index in [2.05, 4.69) is 15.9 Å². The molecule has 0 aromatic heterocycles. The van der Waals surface area contributed by atoms with E-state index in [9.17, 15) is 19.2 Å². The SMILES string of the molecule is O=C1c2ccc3c4c(c(Br)cc(c24)C(=O)N1CCc1ccccc1)C(=O)N(CCc1ccccc1)C3=O. The van der Waals surface area contributed by atoms with Crippen molar-refractivity contribution in [3.63, 3.8) is 0 Å². The van der Waals surface area contributed by atoms with Gasteiger partial charge in [-0.1, -0.05) is 60.7 Å². The second-order valence-electron chi connectivity index (χ2n) is 9.19. The van der Waals surface area contributed by atoms with Gasteiger partial charge in [-0.25, -0.2) is 0 Å². The molecular weight excluding hydrogens is 532 g/mol. The quantitative estimate of drug-likeness (QED) is 0.305. The summed E-state index contributed by atoms with van der Waals surface area (Å²) in [6, 6.07) is 24.1. The highest BCUT2D eigenvalue weighted by Gasteiger charge is 2.40. The van der Waals surface area contributed by atoms with Crippen LogP contribution in [0.2, 0.25) is 0 Å². The highest BCUT2D eigenvalue weighted by atomic mass is 79.9. The molecule has 4 amide bonds. The van der Waals surface area contributed by atoms with Gasteiger partial charge in [0.2, 0.25) is 0 Å². The van der Waals surface area contributed by atoms with Gasteiger partial charge in [0.1, 0.15) is 0 Å². The number of hydrogen-bond acceptors (Lipinski definition) is 4. The van der Waals surface area contributed by atoms with Crippen molar-refractivity contribution in [1.82, 2.24) is 9.80 Å². The monoisotopic (exact) mass is 552 g/mol. The fraction of sp³-hybridized carbons (Fsp3) is 0.133. The van der Waals surface area contributed by atoms with E-state index in [0.29, 0.717) is 50.3 Å². The molecule has 4 aromatic carbocycles. The zero-order valence-corrected chi connectivity index (χ0v) is 21.3. The molecule has 4 aromatic rings. The van der Waals surface area contributed by atoms with Crippen LogP contribution in [-0.2, 0) is 12.8 Å². The van der Waals surface area contributed by atoms with Gasteiger partial charge >= 0.3 is 0 Å². The molecule has 0 saturated carbocycles. The predicted octanol–water partition coefficient (Wildman–Crippen LogP) is 5.28. The molecule has 2 aliphatic rings. The highest BCUT2D eigenvalue weighted by Crippen LogP contribution is 2.41. The van der Waals surface area contributed by atoms with Crippen molar-refractivity contribution in [1.29, 1.82) is 0 Å². The Morgan fingerprint density at radius 3 is 1.54 bits per heavy atom. The first kappa shape index (κ1) is 23.3. The Labute approximate surface area is 221 Å². The van der Waals surface area contributed by atoms with E-state index < -0.39 is 23.6 Å². The zero-order valence-electron chi connectivity index (χ0n) is 19.7. The van der Waals surface area contributed by atoms with Crippen LogP contribution in [0.3, 0.4) is 0 Å². The topological polar surface area (TPSA) is 74.8 Å². The van der Waals surface area contributed by atoms with Gasteiger partial charge in [0.25, 0.3) is 23.6 Å². The number of carbonyl (C=O) groups is 4. The van der Waals surface area contributed by atoms with Crippen LogP contribution < -0.4 is 0 Å². The summed E-state index contributed by atoms with van der Waals surface area (Å²) in [6.07, 6.45) is 1.05. The third-order valence-electron chi connectivity index (χ3n) is 7.05. The van der Waals surface area contributed by atoms with Crippen LogP contribution >= 0.6 is 15.9 Å². The Hall–Kier alpha value is -4.10. The molecule has 6 nitrogen and oxygen atoms in total. The largest absolute Gasteiger partial charge is 0.274 e. The van der Waals surface area contributed by atoms with Crippen LogP contribution in [0.1, 0.15) is 52.6 Å². The van der Waals surface area contributed by atoms with E-state index in [1.807, 2.05) is 60.7 Å². The Morgan fingerprint density at radius 2 is 1.00 bits per heavy atom. The maximum atomic E-state index is 13.6. The molecule has 182 valence electrons. The van der Waals surface area contributed by atoms with Crippen molar-refractivity contribution in [2.75, 3.05) is 13.1 Å². The molecule has 0 radical (unpaired) electrons. The standard InChI is InChI=1S/C30H21BrN2O4/c31-23-17-22-24-20(27(34)32(29(22)36)15-13-18-7-3-1-4-8-18)11-12-21-25(24)26(23)30(37)33(28(21)35)16-14-19-9-5-2-6-10-19/h1-12,17H,13-16H2. The lowest BCUT2D eigenvalue weighted by molar-refractivity contribution is 0.0590. The minimum atomic E-state index is -0.435. The second kappa shape index (κ2) is 9.09. The van der Waals surface area contributed by atoms with Crippen molar-refractivity contribution in [3.8, 4) is 0 Å². The van der Waals surface area contributed by atoms with E-state index in [1.165, 1.54) is 9.80 Å². The Kier molecular flexibility index (Phi) is 5.72. The molecule has 0 fully saturated rings. The number of nitrogens with zero attached hydrogens (tertiary/aromatic N) is 2. The number of benzene rings is 4. The number of rotatable bonds is 6. The average molecular weight is 553 g/mol. The Morgan fingerprint density at radius 1 is 0.541 bits per heavy atom. The van der Waals surface area contributed by atoms with Crippen molar-refractivity contribution >= 4 is 50.3 Å². The van der Waals surface area contributed by atoms with Gasteiger partial charge in [0.05, 0.1) is 5.56 Å². The maximum Gasteiger partial charge on any atom is 0.262 e. The molecule has 37 heavy (non-hydrogen) atoms. The predicted molar refractivity (Wildman–Crippen MR) is 143 cm³/mol. The van der Waals surface area contributed by atoms with Gasteiger partial charge in [-0.05, 0) is 58.1 Å². The zero-order chi connectivity index (χ0) is 25.7. The second-order valence-corrected chi connectivity index (χ2v) is 10.0. The molecule has 0 bridgehead atoms. The normalized spacial score (nSPS) is 14.6. The summed E-state index contributed by atoms with van der Waals surface area (Å²) in [7, 11) is 0. The van der Waals surface area contributed by atoms with Gasteiger partial charge < -0.3 is 0 Å². The van der Waals surface area contributed by atoms with E-state index in [1.54, 1.807) is 18.2 Å². The molecule has 7 heteroatoms. The third-order valence-corrected chi connectivity index (χ3v) is 7.68. The number of carbonyl (C=O) groups excluding carboxylic acids is 4. The van der Waals surface area contributed by atoms with Gasteiger partial charge in [0, 0.05) is 45.0 Å². The Balaban J connectivity index is 1.39. The molecule has 0 spiro atoms. The molecular formula is C30H21BrN2O4. The summed E-state index contributed by atoms with van der Waals surface area (Å²) >= 11 is 3.49. The van der Waals surface area contributed by atoms with Gasteiger partial charge in [-0.3, -0.25) is 29.0 Å². The van der Waals surface area contributed by atoms with Gasteiger partial charge in [-0.15, -0.1) is 0 Å². The number of hydrogen-bond donors (Lipinski definition) is 0. The first-order chi connectivity index (χ1) is 18.0. The summed E-state index contributed by atoms with van der Waals surface area (Å²) in [4.78, 5) is 56.5. The molecule has 0 unspecified atom stereocenters. The van der Waals surface area contributed by atoms with E-state index in [0.717, 1.165) is 11.1 Å². The van der Waals surface area contributed by atoms with E-state index in [-0.39, 0.29) is 13.1 Å². The van der Waals surface area contributed by atoms with Crippen molar-refractivity contribution in [3.05, 3.63) is 117 Å². The van der Waals surface area contributed by atoms with Crippen molar-refractivity contribution in [2.24, 2.45) is 0 Å². The minimum absolute atomic E-state index is 0.226. The first-order valence-electron chi connectivity index (χ1n) is 12.0. The summed E-state index contributed by atoms with van der Waals surface area (Å²) < 4.78 is 0.432. The van der Waals surface area contributed by atoms with Crippen molar-refractivity contribution in [2.45, 2.75) is 12.8 Å². The summed E-state index contributed by atoms with van der Waals surface area (Å²) in [5.41, 5.74) is 3.31. The summed E-state index contributed by atoms with van der Waals surface area (Å²) in [6.45, 7) is 0.457. The lowest BCUT2D eigenvalue weighted by Gasteiger charge is -2.32. The van der Waals surface area contributed by atoms with Crippen LogP contribution in [-0.4, -0.2) is 46.5 Å². The fourth-order valence-corrected chi connectivity index (χ4v) is 5.80. The molecule has 2 aliphatic heterocycles. The van der Waals surface area contributed by atoms with Crippen LogP contribution in [0.4, 0.5) is 0 Å². The van der Waals surface area contributed by atoms with E-state index in [4.69, 9.17) is 0 Å². The minimum Gasteiger partial charge on any atom is -0.274 e. The summed E-state index contributed by atoms with van der Waals surface area (Å²) in [5, 5.41) is 0.753. The fourth-order valence-electron chi connectivity index (χ4n) is 5.20. The highest BCUT2D eigenvalue weighted by molar-refractivity contribution is 9.10. The van der Waals surface area contributed by atoms with Crippen LogP contribution in [0, 0.1) is 0 Å². The Bertz CT molecular complexity index is 1620. The lowest BCUT2D eigenvalue weighted by atomic mass is 9.85. The summed E-state index contributed by atoms with van der Waals surface area (Å²) in [5.74, 6) is -1.70. The molecule has 2 heterocycles. The average Bonchev–Trinajstić information content (AvgIpc) is 2.91. The third kappa shape index (κ3) is 3.78. The lowest BCUT2D eigenvalue weighted by Crippen LogP contribution is -2.44. The maximum absolute atomic E-state index is 13.6.